The lowest BCUT2D eigenvalue weighted by molar-refractivity contribution is 0.587. The van der Waals surface area contributed by atoms with E-state index in [9.17, 15) is 23.7 Å². The number of nitriles is 2. The van der Waals surface area contributed by atoms with Gasteiger partial charge in [-0.3, -0.25) is 9.36 Å². The van der Waals surface area contributed by atoms with Crippen LogP contribution in [0.4, 0.5) is 11.4 Å². The molecule has 3 aromatic carbocycles. The number of aromatic nitrogens is 1. The summed E-state index contributed by atoms with van der Waals surface area (Å²) < 4.78 is 27.3. The van der Waals surface area contributed by atoms with Gasteiger partial charge in [-0.15, -0.1) is 0 Å². The van der Waals surface area contributed by atoms with E-state index < -0.39 is 15.5 Å². The van der Waals surface area contributed by atoms with Gasteiger partial charge in [-0.05, 0) is 48.7 Å². The minimum atomic E-state index is -3.29. The molecule has 10 heteroatoms. The number of benzene rings is 3. The van der Waals surface area contributed by atoms with E-state index in [1.807, 2.05) is 98.8 Å². The smallest absolute Gasteiger partial charge is 0.208 e. The first-order chi connectivity index (χ1) is 21.2. The Morgan fingerprint density at radius 2 is 1.59 bits per heavy atom. The first-order valence-electron chi connectivity index (χ1n) is 14.0. The number of fused-ring (bicyclic) bond motifs is 1. The van der Waals surface area contributed by atoms with Gasteiger partial charge in [0.1, 0.15) is 23.5 Å². The number of hydrogen-bond donors (Lipinski definition) is 1. The molecule has 0 atom stereocenters. The average molecular weight is 603 g/mol. The molecule has 0 fully saturated rings. The Balaban J connectivity index is 1.72. The fourth-order valence-corrected chi connectivity index (χ4v) is 5.80. The van der Waals surface area contributed by atoms with Crippen molar-refractivity contribution in [2.45, 2.75) is 13.8 Å². The van der Waals surface area contributed by atoms with Crippen LogP contribution in [0.1, 0.15) is 29.3 Å². The molecule has 0 saturated carbocycles. The predicted octanol–water partition coefficient (Wildman–Crippen LogP) is 5.10. The zero-order valence-corrected chi connectivity index (χ0v) is 25.4. The third-order valence-corrected chi connectivity index (χ3v) is 8.12. The monoisotopic (exact) mass is 602 g/mol. The second-order valence-electron chi connectivity index (χ2n) is 10.3. The van der Waals surface area contributed by atoms with Crippen molar-refractivity contribution in [3.8, 4) is 23.4 Å². The van der Waals surface area contributed by atoms with Gasteiger partial charge in [0.25, 0.3) is 0 Å². The Hall–Kier alpha value is -5.29. The van der Waals surface area contributed by atoms with Crippen molar-refractivity contribution < 1.29 is 8.42 Å². The first kappa shape index (κ1) is 30.2. The quantitative estimate of drug-likeness (QED) is 0.284. The molecule has 0 aliphatic carbocycles. The molecule has 4 aromatic rings. The Kier molecular flexibility index (Phi) is 8.59. The molecule has 0 saturated heterocycles. The summed E-state index contributed by atoms with van der Waals surface area (Å²) in [5.41, 5.74) is 4.76. The minimum absolute atomic E-state index is 0.117. The highest BCUT2D eigenvalue weighted by Gasteiger charge is 2.34. The predicted molar refractivity (Wildman–Crippen MR) is 174 cm³/mol. The Morgan fingerprint density at radius 1 is 0.932 bits per heavy atom. The van der Waals surface area contributed by atoms with Crippen LogP contribution in [-0.2, 0) is 10.0 Å². The van der Waals surface area contributed by atoms with Crippen molar-refractivity contribution in [3.63, 3.8) is 0 Å². The first-order valence-corrected chi connectivity index (χ1v) is 15.9. The number of sulfonamides is 1. The van der Waals surface area contributed by atoms with Crippen LogP contribution >= 0.6 is 0 Å². The number of hydrogen-bond acceptors (Lipinski definition) is 7. The molecule has 1 N–H and O–H groups in total. The normalized spacial score (nSPS) is 13.4. The molecule has 1 aromatic heterocycles. The van der Waals surface area contributed by atoms with Crippen molar-refractivity contribution in [2.75, 3.05) is 30.8 Å². The van der Waals surface area contributed by atoms with Gasteiger partial charge < -0.3 is 4.90 Å². The van der Waals surface area contributed by atoms with E-state index in [0.717, 1.165) is 28.6 Å². The van der Waals surface area contributed by atoms with Gasteiger partial charge >= 0.3 is 0 Å². The summed E-state index contributed by atoms with van der Waals surface area (Å²) in [7, 11) is -3.29. The van der Waals surface area contributed by atoms with Crippen LogP contribution in [-0.4, -0.2) is 44.7 Å². The summed E-state index contributed by atoms with van der Waals surface area (Å²) in [4.78, 5) is 20.4. The lowest BCUT2D eigenvalue weighted by Gasteiger charge is -2.24. The number of aryl methyl sites for hydroxylation is 1. The molecule has 1 aliphatic rings. The Morgan fingerprint density at radius 3 is 2.16 bits per heavy atom. The fourth-order valence-electron chi connectivity index (χ4n) is 5.34. The molecular weight excluding hydrogens is 572 g/mol. The standard InChI is InChI=1S/C34H30N6O3S/c1-4-39(18-17-37-44(3,42)43)26-15-16-29(23(2)19-26)38-34-32(25-13-9-6-10-14-25)28(22-36)33-27(21-35)31(41)20-30(40(33)34)24-11-7-5-8-12-24/h5-16,19-20,37H,4,17-18H2,1-3H3. The molecule has 0 radical (unpaired) electrons. The molecule has 44 heavy (non-hydrogen) atoms. The van der Waals surface area contributed by atoms with Gasteiger partial charge in [-0.2, -0.15) is 10.5 Å². The average Bonchev–Trinajstić information content (AvgIpc) is 3.34. The third kappa shape index (κ3) is 5.95. The lowest BCUT2D eigenvalue weighted by Crippen LogP contribution is -2.34. The van der Waals surface area contributed by atoms with Crippen molar-refractivity contribution in [1.82, 2.24) is 9.29 Å². The van der Waals surface area contributed by atoms with E-state index in [1.165, 1.54) is 6.07 Å². The fraction of sp³-hybridized carbons (Fsp3) is 0.176. The van der Waals surface area contributed by atoms with Crippen LogP contribution in [0.5, 0.6) is 0 Å². The summed E-state index contributed by atoms with van der Waals surface area (Å²) in [6.45, 7) is 5.36. The van der Waals surface area contributed by atoms with E-state index >= 15 is 0 Å². The number of pyridine rings is 1. The van der Waals surface area contributed by atoms with Crippen LogP contribution in [0.3, 0.4) is 0 Å². The molecule has 0 unspecified atom stereocenters. The molecule has 1 aliphatic heterocycles. The number of nitrogens with zero attached hydrogens (tertiary/aromatic N) is 5. The maximum absolute atomic E-state index is 13.2. The number of anilines is 1. The van der Waals surface area contributed by atoms with Crippen molar-refractivity contribution >= 4 is 38.4 Å². The van der Waals surface area contributed by atoms with Gasteiger partial charge in [0.2, 0.25) is 15.5 Å². The highest BCUT2D eigenvalue weighted by atomic mass is 32.2. The third-order valence-electron chi connectivity index (χ3n) is 7.39. The van der Waals surface area contributed by atoms with Crippen LogP contribution in [0.2, 0.25) is 0 Å². The summed E-state index contributed by atoms with van der Waals surface area (Å²) in [5.74, 6) is 0.429. The van der Waals surface area contributed by atoms with Crippen molar-refractivity contribution in [3.05, 3.63) is 118 Å². The summed E-state index contributed by atoms with van der Waals surface area (Å²) >= 11 is 0. The number of likely N-dealkylation sites (N-methyl/N-ethyl adjacent to an activating group) is 1. The molecule has 2 heterocycles. The molecule has 0 bridgehead atoms. The number of nitrogens with one attached hydrogen (secondary N) is 1. The van der Waals surface area contributed by atoms with Gasteiger partial charge in [0.15, 0.2) is 0 Å². The minimum Gasteiger partial charge on any atom is -0.370 e. The van der Waals surface area contributed by atoms with Gasteiger partial charge in [0, 0.05) is 37.0 Å². The highest BCUT2D eigenvalue weighted by Crippen LogP contribution is 2.40. The second-order valence-corrected chi connectivity index (χ2v) is 12.1. The highest BCUT2D eigenvalue weighted by molar-refractivity contribution is 7.88. The van der Waals surface area contributed by atoms with Crippen LogP contribution in [0.25, 0.3) is 22.4 Å². The SMILES string of the molecule is CCN(CCNS(C)(=O)=O)c1ccc(N=C2C(c3ccccc3)=C(C#N)c3c(C#N)c(=O)cc(-c4ccccc4)n32)c(C)c1. The van der Waals surface area contributed by atoms with Gasteiger partial charge in [0.05, 0.1) is 28.9 Å². The maximum Gasteiger partial charge on any atom is 0.208 e. The largest absolute Gasteiger partial charge is 0.370 e. The van der Waals surface area contributed by atoms with Crippen LogP contribution in [0, 0.1) is 29.6 Å². The van der Waals surface area contributed by atoms with E-state index in [0.29, 0.717) is 35.9 Å². The van der Waals surface area contributed by atoms with E-state index in [2.05, 4.69) is 15.7 Å². The topological polar surface area (TPSA) is 131 Å². The second kappa shape index (κ2) is 12.5. The lowest BCUT2D eigenvalue weighted by atomic mass is 9.98. The Labute approximate surface area is 256 Å². The number of allylic oxidation sites excluding steroid dienone is 2. The Bertz CT molecular complexity index is 2050. The van der Waals surface area contributed by atoms with E-state index in [-0.39, 0.29) is 23.4 Å². The van der Waals surface area contributed by atoms with Gasteiger partial charge in [-0.1, -0.05) is 60.7 Å². The molecule has 9 nitrogen and oxygen atoms in total. The van der Waals surface area contributed by atoms with Crippen LogP contribution < -0.4 is 15.1 Å². The number of aliphatic imine (C=N–C) groups is 1. The summed E-state index contributed by atoms with van der Waals surface area (Å²) in [6.07, 6.45) is 1.14. The van der Waals surface area contributed by atoms with Crippen molar-refractivity contribution in [1.29, 1.82) is 10.5 Å². The molecule has 0 amide bonds. The van der Waals surface area contributed by atoms with Gasteiger partial charge in [-0.25, -0.2) is 18.1 Å². The van der Waals surface area contributed by atoms with E-state index in [4.69, 9.17) is 4.99 Å². The molecule has 0 spiro atoms. The van der Waals surface area contributed by atoms with Crippen LogP contribution in [0.15, 0.2) is 94.7 Å². The zero-order chi connectivity index (χ0) is 31.4. The van der Waals surface area contributed by atoms with Crippen molar-refractivity contribution in [2.24, 2.45) is 4.99 Å². The zero-order valence-electron chi connectivity index (χ0n) is 24.6. The maximum atomic E-state index is 13.2. The molecule has 220 valence electrons. The number of rotatable bonds is 9. The summed E-state index contributed by atoms with van der Waals surface area (Å²) in [6, 6.07) is 30.2. The summed E-state index contributed by atoms with van der Waals surface area (Å²) in [5, 5.41) is 20.5. The molecule has 5 rings (SSSR count). The van der Waals surface area contributed by atoms with E-state index in [1.54, 1.807) is 4.57 Å². The molecular formula is C34H30N6O3S.